The largest absolute Gasteiger partial charge is 0.477 e. The van der Waals surface area contributed by atoms with Gasteiger partial charge < -0.3 is 14.6 Å². The minimum absolute atomic E-state index is 0.0959. The van der Waals surface area contributed by atoms with Gasteiger partial charge in [-0.3, -0.25) is 0 Å². The number of nitrogens with zero attached hydrogens (tertiary/aromatic N) is 3. The van der Waals surface area contributed by atoms with E-state index in [2.05, 4.69) is 5.10 Å². The Morgan fingerprint density at radius 1 is 1.43 bits per heavy atom. The van der Waals surface area contributed by atoms with Gasteiger partial charge in [-0.05, 0) is 30.7 Å². The third kappa shape index (κ3) is 2.79. The van der Waals surface area contributed by atoms with E-state index in [9.17, 15) is 4.79 Å². The van der Waals surface area contributed by atoms with Crippen LogP contribution >= 0.6 is 0 Å². The second-order valence-electron chi connectivity index (χ2n) is 4.07. The summed E-state index contributed by atoms with van der Waals surface area (Å²) in [5.74, 6) is 0.817. The zero-order chi connectivity index (χ0) is 15.4. The van der Waals surface area contributed by atoms with Crippen molar-refractivity contribution in [3.8, 4) is 23.4 Å². The number of hydrogen-bond acceptors (Lipinski definition) is 5. The number of carboxylic acid groups (broad SMARTS) is 1. The first-order chi connectivity index (χ1) is 10.1. The van der Waals surface area contributed by atoms with Crippen molar-refractivity contribution < 1.29 is 19.4 Å². The molecule has 1 N–H and O–H groups in total. The van der Waals surface area contributed by atoms with Gasteiger partial charge in [0.05, 0.1) is 24.4 Å². The van der Waals surface area contributed by atoms with Crippen LogP contribution in [0.1, 0.15) is 18.2 Å². The molecule has 1 heterocycles. The Balaban J connectivity index is 2.42. The molecule has 2 rings (SSSR count). The number of hydrogen-bond donors (Lipinski definition) is 1. The van der Waals surface area contributed by atoms with Crippen LogP contribution in [0.3, 0.4) is 0 Å². The second kappa shape index (κ2) is 5.96. The number of rotatable bonds is 4. The highest BCUT2D eigenvalue weighted by atomic mass is 16.5. The second-order valence-corrected chi connectivity index (χ2v) is 4.07. The summed E-state index contributed by atoms with van der Waals surface area (Å²) in [5, 5.41) is 21.7. The third-order valence-electron chi connectivity index (χ3n) is 2.82. The van der Waals surface area contributed by atoms with Gasteiger partial charge in [0, 0.05) is 0 Å². The van der Waals surface area contributed by atoms with Crippen molar-refractivity contribution in [3.63, 3.8) is 0 Å². The van der Waals surface area contributed by atoms with Gasteiger partial charge >= 0.3 is 6.09 Å². The lowest BCUT2D eigenvalue weighted by atomic mass is 10.2. The van der Waals surface area contributed by atoms with Crippen molar-refractivity contribution in [2.75, 3.05) is 7.11 Å². The first kappa shape index (κ1) is 14.4. The molecule has 0 amide bonds. The zero-order valence-corrected chi connectivity index (χ0v) is 11.5. The lowest BCUT2D eigenvalue weighted by molar-refractivity contribution is 0.191. The van der Waals surface area contributed by atoms with E-state index in [1.54, 1.807) is 31.2 Å². The van der Waals surface area contributed by atoms with E-state index in [-0.39, 0.29) is 11.6 Å². The predicted octanol–water partition coefficient (Wildman–Crippen LogP) is 2.64. The summed E-state index contributed by atoms with van der Waals surface area (Å²) >= 11 is 0. The molecule has 7 nitrogen and oxygen atoms in total. The number of carbonyl (C=O) groups is 1. The minimum Gasteiger partial charge on any atom is -0.477 e. The molecular formula is C14H13N3O4. The Labute approximate surface area is 120 Å². The summed E-state index contributed by atoms with van der Waals surface area (Å²) < 4.78 is 11.6. The van der Waals surface area contributed by atoms with E-state index in [0.29, 0.717) is 23.4 Å². The Hall–Kier alpha value is -3.01. The summed E-state index contributed by atoms with van der Waals surface area (Å²) in [6, 6.07) is 8.46. The lowest BCUT2D eigenvalue weighted by Gasteiger charge is -2.07. The number of nitriles is 1. The van der Waals surface area contributed by atoms with Gasteiger partial charge in [-0.1, -0.05) is 6.92 Å². The van der Waals surface area contributed by atoms with Crippen molar-refractivity contribution in [2.24, 2.45) is 0 Å². The molecule has 0 atom stereocenters. The van der Waals surface area contributed by atoms with Gasteiger partial charge in [0.1, 0.15) is 5.75 Å². The van der Waals surface area contributed by atoms with Gasteiger partial charge in [0.2, 0.25) is 5.75 Å². The molecule has 0 aliphatic rings. The molecule has 0 aliphatic heterocycles. The molecule has 1 aromatic heterocycles. The van der Waals surface area contributed by atoms with Gasteiger partial charge in [-0.25, -0.2) is 4.79 Å². The first-order valence-corrected chi connectivity index (χ1v) is 6.17. The van der Waals surface area contributed by atoms with Crippen LogP contribution in [-0.4, -0.2) is 28.1 Å². The summed E-state index contributed by atoms with van der Waals surface area (Å²) in [7, 11) is 1.39. The van der Waals surface area contributed by atoms with Crippen molar-refractivity contribution >= 4 is 6.09 Å². The van der Waals surface area contributed by atoms with E-state index in [1.807, 2.05) is 6.07 Å². The Bertz CT molecular complexity index is 698. The number of methoxy groups -OCH3 is 1. The Morgan fingerprint density at radius 3 is 2.57 bits per heavy atom. The molecule has 7 heteroatoms. The molecule has 0 fully saturated rings. The topological polar surface area (TPSA) is 97.4 Å². The van der Waals surface area contributed by atoms with E-state index in [1.165, 1.54) is 7.11 Å². The van der Waals surface area contributed by atoms with Gasteiger partial charge in [-0.15, -0.1) is 5.10 Å². The maximum atomic E-state index is 11.2. The molecular weight excluding hydrogens is 274 g/mol. The van der Waals surface area contributed by atoms with Crippen LogP contribution in [0.5, 0.6) is 17.4 Å². The Kier molecular flexibility index (Phi) is 4.09. The molecule has 1 aromatic carbocycles. The molecule has 0 spiro atoms. The highest BCUT2D eigenvalue weighted by Crippen LogP contribution is 2.35. The molecule has 0 unspecified atom stereocenters. The minimum atomic E-state index is -1.21. The first-order valence-electron chi connectivity index (χ1n) is 6.17. The zero-order valence-electron chi connectivity index (χ0n) is 11.5. The third-order valence-corrected chi connectivity index (χ3v) is 2.82. The maximum Gasteiger partial charge on any atom is 0.432 e. The molecule has 0 saturated heterocycles. The van der Waals surface area contributed by atoms with Gasteiger partial charge in [0.25, 0.3) is 5.88 Å². The van der Waals surface area contributed by atoms with Crippen LogP contribution in [0.15, 0.2) is 24.3 Å². The normalized spacial score (nSPS) is 9.95. The quantitative estimate of drug-likeness (QED) is 0.928. The van der Waals surface area contributed by atoms with Crippen LogP contribution in [-0.2, 0) is 6.42 Å². The van der Waals surface area contributed by atoms with Crippen molar-refractivity contribution in [3.05, 3.63) is 35.5 Å². The fourth-order valence-corrected chi connectivity index (χ4v) is 1.84. The average Bonchev–Trinajstić information content (AvgIpc) is 2.86. The summed E-state index contributed by atoms with van der Waals surface area (Å²) in [6.07, 6.45) is -0.798. The number of ether oxygens (including phenoxy) is 2. The SMILES string of the molecule is CCc1c(Oc2ccc(C#N)cc2)c(OC)nn1C(=O)O. The molecule has 0 saturated carbocycles. The van der Waals surface area contributed by atoms with Crippen molar-refractivity contribution in [2.45, 2.75) is 13.3 Å². The highest BCUT2D eigenvalue weighted by Gasteiger charge is 2.23. The molecule has 0 bridgehead atoms. The molecule has 0 radical (unpaired) electrons. The molecule has 0 aliphatic carbocycles. The standard InChI is InChI=1S/C14H13N3O4/c1-3-11-12(13(20-2)16-17(11)14(18)19)21-10-6-4-9(8-15)5-7-10/h4-7H,3H2,1-2H3,(H,18,19). The van der Waals surface area contributed by atoms with E-state index in [4.69, 9.17) is 19.8 Å². The van der Waals surface area contributed by atoms with Crippen LogP contribution in [0.25, 0.3) is 0 Å². The maximum absolute atomic E-state index is 11.2. The molecule has 108 valence electrons. The van der Waals surface area contributed by atoms with Crippen molar-refractivity contribution in [1.29, 1.82) is 5.26 Å². The van der Waals surface area contributed by atoms with Crippen LogP contribution in [0.4, 0.5) is 4.79 Å². The highest BCUT2D eigenvalue weighted by molar-refractivity contribution is 5.70. The average molecular weight is 287 g/mol. The summed E-state index contributed by atoms with van der Waals surface area (Å²) in [4.78, 5) is 11.2. The predicted molar refractivity (Wildman–Crippen MR) is 72.8 cm³/mol. The van der Waals surface area contributed by atoms with Crippen molar-refractivity contribution in [1.82, 2.24) is 9.78 Å². The fraction of sp³-hybridized carbons (Fsp3) is 0.214. The van der Waals surface area contributed by atoms with E-state index < -0.39 is 6.09 Å². The summed E-state index contributed by atoms with van der Waals surface area (Å²) in [5.41, 5.74) is 0.898. The Morgan fingerprint density at radius 2 is 2.10 bits per heavy atom. The number of aromatic nitrogens is 2. The van der Waals surface area contributed by atoms with E-state index >= 15 is 0 Å². The van der Waals surface area contributed by atoms with Crippen LogP contribution in [0.2, 0.25) is 0 Å². The van der Waals surface area contributed by atoms with Crippen LogP contribution < -0.4 is 9.47 Å². The monoisotopic (exact) mass is 287 g/mol. The van der Waals surface area contributed by atoms with Gasteiger partial charge in [0.15, 0.2) is 0 Å². The summed E-state index contributed by atoms with van der Waals surface area (Å²) in [6.45, 7) is 1.79. The van der Waals surface area contributed by atoms with Crippen LogP contribution in [0, 0.1) is 11.3 Å². The van der Waals surface area contributed by atoms with Gasteiger partial charge in [-0.2, -0.15) is 9.94 Å². The lowest BCUT2D eigenvalue weighted by Crippen LogP contribution is -2.13. The molecule has 2 aromatic rings. The fourth-order valence-electron chi connectivity index (χ4n) is 1.84. The molecule has 21 heavy (non-hydrogen) atoms. The van der Waals surface area contributed by atoms with E-state index in [0.717, 1.165) is 4.68 Å². The number of benzene rings is 1. The smallest absolute Gasteiger partial charge is 0.432 e.